The van der Waals surface area contributed by atoms with Gasteiger partial charge in [-0.25, -0.2) is 4.79 Å². The normalized spacial score (nSPS) is 18.1. The Bertz CT molecular complexity index is 1120. The fourth-order valence-corrected chi connectivity index (χ4v) is 4.32. The Morgan fingerprint density at radius 1 is 1.24 bits per heavy atom. The summed E-state index contributed by atoms with van der Waals surface area (Å²) in [4.78, 5) is 36.2. The van der Waals surface area contributed by atoms with Gasteiger partial charge in [0.25, 0.3) is 0 Å². The van der Waals surface area contributed by atoms with Gasteiger partial charge < -0.3 is 19.6 Å². The van der Waals surface area contributed by atoms with E-state index in [1.807, 2.05) is 19.9 Å². The van der Waals surface area contributed by atoms with E-state index in [1.165, 1.54) is 0 Å². The van der Waals surface area contributed by atoms with E-state index in [-0.39, 0.29) is 24.2 Å². The topological polar surface area (TPSA) is 106 Å². The van der Waals surface area contributed by atoms with E-state index in [4.69, 9.17) is 25.9 Å². The van der Waals surface area contributed by atoms with Gasteiger partial charge in [-0.1, -0.05) is 17.2 Å². The Morgan fingerprint density at radius 2 is 1.94 bits per heavy atom. The third-order valence-electron chi connectivity index (χ3n) is 6.19. The molecule has 0 saturated heterocycles. The number of carbonyl (C=O) groups is 2. The summed E-state index contributed by atoms with van der Waals surface area (Å²) in [5, 5.41) is 13.0. The first-order valence-corrected chi connectivity index (χ1v) is 11.5. The summed E-state index contributed by atoms with van der Waals surface area (Å²) in [6.07, 6.45) is 4.62. The third-order valence-corrected chi connectivity index (χ3v) is 6.49. The summed E-state index contributed by atoms with van der Waals surface area (Å²) < 4.78 is 11.2. The molecule has 0 radical (unpaired) electrons. The second-order valence-electron chi connectivity index (χ2n) is 8.90. The minimum atomic E-state index is -0.748. The monoisotopic (exact) mass is 475 g/mol. The summed E-state index contributed by atoms with van der Waals surface area (Å²) in [7, 11) is 0. The average Bonchev–Trinajstić information content (AvgIpc) is 2.76. The zero-order valence-electron chi connectivity index (χ0n) is 19.2. The second kappa shape index (κ2) is 10.9. The van der Waals surface area contributed by atoms with Crippen LogP contribution in [0.25, 0.3) is 11.0 Å². The first kappa shape index (κ1) is 24.8. The van der Waals surface area contributed by atoms with E-state index in [0.717, 1.165) is 18.4 Å². The van der Waals surface area contributed by atoms with Crippen LogP contribution in [0.2, 0.25) is 5.02 Å². The number of allylic oxidation sites excluding steroid dienone is 1. The second-order valence-corrected chi connectivity index (χ2v) is 9.31. The third kappa shape index (κ3) is 6.38. The lowest BCUT2D eigenvalue weighted by molar-refractivity contribution is -0.143. The van der Waals surface area contributed by atoms with Gasteiger partial charge in [0.2, 0.25) is 5.91 Å². The molecule has 178 valence electrons. The molecule has 1 aliphatic rings. The SMILES string of the molecule is CC(C)=CCOc1cc2oc(=O)c(CC(=O)NCC3CCC(C(=O)O)CC3)c(C)c2cc1Cl. The van der Waals surface area contributed by atoms with Gasteiger partial charge in [-0.2, -0.15) is 0 Å². The molecule has 0 unspecified atom stereocenters. The van der Waals surface area contributed by atoms with Crippen molar-refractivity contribution in [2.45, 2.75) is 52.9 Å². The lowest BCUT2D eigenvalue weighted by atomic mass is 9.82. The molecule has 7 nitrogen and oxygen atoms in total. The van der Waals surface area contributed by atoms with E-state index in [0.29, 0.717) is 58.9 Å². The van der Waals surface area contributed by atoms with Crippen LogP contribution in [0.1, 0.15) is 50.7 Å². The van der Waals surface area contributed by atoms with Crippen molar-refractivity contribution < 1.29 is 23.8 Å². The highest BCUT2D eigenvalue weighted by atomic mass is 35.5. The fourth-order valence-electron chi connectivity index (χ4n) is 4.10. The van der Waals surface area contributed by atoms with Crippen molar-refractivity contribution in [3.8, 4) is 5.75 Å². The van der Waals surface area contributed by atoms with Gasteiger partial charge >= 0.3 is 11.6 Å². The van der Waals surface area contributed by atoms with Crippen molar-refractivity contribution in [2.75, 3.05) is 13.2 Å². The Morgan fingerprint density at radius 3 is 2.58 bits per heavy atom. The molecule has 2 aromatic rings. The van der Waals surface area contributed by atoms with Crippen molar-refractivity contribution in [1.82, 2.24) is 5.32 Å². The van der Waals surface area contributed by atoms with Crippen molar-refractivity contribution in [2.24, 2.45) is 11.8 Å². The maximum Gasteiger partial charge on any atom is 0.340 e. The molecule has 1 aromatic heterocycles. The van der Waals surface area contributed by atoms with E-state index < -0.39 is 11.6 Å². The van der Waals surface area contributed by atoms with Crippen molar-refractivity contribution in [3.05, 3.63) is 50.4 Å². The number of aliphatic carboxylic acids is 1. The molecule has 0 aliphatic heterocycles. The predicted octanol–water partition coefficient (Wildman–Crippen LogP) is 4.65. The van der Waals surface area contributed by atoms with E-state index >= 15 is 0 Å². The maximum atomic E-state index is 12.6. The van der Waals surface area contributed by atoms with Crippen LogP contribution in [-0.4, -0.2) is 30.1 Å². The number of ether oxygens (including phenoxy) is 1. The largest absolute Gasteiger partial charge is 0.488 e. The van der Waals surface area contributed by atoms with Crippen LogP contribution in [0.3, 0.4) is 0 Å². The molecule has 1 fully saturated rings. The number of fused-ring (bicyclic) bond motifs is 1. The molecule has 1 amide bonds. The number of carboxylic acid groups (broad SMARTS) is 1. The number of carboxylic acids is 1. The number of carbonyl (C=O) groups excluding carboxylic acids is 1. The van der Waals surface area contributed by atoms with Crippen molar-refractivity contribution in [1.29, 1.82) is 0 Å². The summed E-state index contributed by atoms with van der Waals surface area (Å²) in [6.45, 7) is 6.54. The zero-order valence-corrected chi connectivity index (χ0v) is 20.0. The molecule has 1 aliphatic carbocycles. The molecular formula is C25H30ClNO6. The Labute approximate surface area is 197 Å². The number of aryl methyl sites for hydroxylation is 1. The van der Waals surface area contributed by atoms with Crippen LogP contribution in [0.4, 0.5) is 0 Å². The van der Waals surface area contributed by atoms with Gasteiger partial charge in [-0.15, -0.1) is 0 Å². The standard InChI is InChI=1S/C25H30ClNO6/c1-14(2)8-9-32-22-12-21-18(10-20(22)26)15(3)19(25(31)33-21)11-23(28)27-13-16-4-6-17(7-5-16)24(29)30/h8,10,12,16-17H,4-7,9,11,13H2,1-3H3,(H,27,28)(H,29,30). The minimum absolute atomic E-state index is 0.0922. The van der Waals surface area contributed by atoms with Crippen LogP contribution >= 0.6 is 11.6 Å². The summed E-state index contributed by atoms with van der Waals surface area (Å²) in [5.41, 5.74) is 1.85. The van der Waals surface area contributed by atoms with Crippen LogP contribution < -0.4 is 15.7 Å². The number of amides is 1. The van der Waals surface area contributed by atoms with Crippen molar-refractivity contribution in [3.63, 3.8) is 0 Å². The van der Waals surface area contributed by atoms with Gasteiger partial charge in [0.15, 0.2) is 0 Å². The van der Waals surface area contributed by atoms with Crippen LogP contribution in [0.15, 0.2) is 33.0 Å². The highest BCUT2D eigenvalue weighted by Crippen LogP contribution is 2.32. The number of halogens is 1. The van der Waals surface area contributed by atoms with E-state index in [1.54, 1.807) is 19.1 Å². The molecule has 2 N–H and O–H groups in total. The molecule has 0 bridgehead atoms. The molecule has 1 saturated carbocycles. The lowest BCUT2D eigenvalue weighted by Crippen LogP contribution is -2.34. The molecular weight excluding hydrogens is 446 g/mol. The highest BCUT2D eigenvalue weighted by Gasteiger charge is 2.26. The lowest BCUT2D eigenvalue weighted by Gasteiger charge is -2.26. The smallest absolute Gasteiger partial charge is 0.340 e. The number of rotatable bonds is 8. The fraction of sp³-hybridized carbons (Fsp3) is 0.480. The van der Waals surface area contributed by atoms with Gasteiger partial charge in [-0.05, 0) is 70.1 Å². The number of benzene rings is 1. The zero-order chi connectivity index (χ0) is 24.1. The molecule has 8 heteroatoms. The summed E-state index contributed by atoms with van der Waals surface area (Å²) in [5.74, 6) is -0.623. The number of nitrogens with one attached hydrogen (secondary N) is 1. The maximum absolute atomic E-state index is 12.6. The van der Waals surface area contributed by atoms with Gasteiger partial charge in [0, 0.05) is 18.0 Å². The molecule has 33 heavy (non-hydrogen) atoms. The predicted molar refractivity (Wildman–Crippen MR) is 127 cm³/mol. The first-order valence-electron chi connectivity index (χ1n) is 11.2. The molecule has 3 rings (SSSR count). The molecule has 0 spiro atoms. The Kier molecular flexibility index (Phi) is 8.19. The van der Waals surface area contributed by atoms with Crippen LogP contribution in [0, 0.1) is 18.8 Å². The van der Waals surface area contributed by atoms with Gasteiger partial charge in [0.1, 0.15) is 17.9 Å². The van der Waals surface area contributed by atoms with E-state index in [2.05, 4.69) is 5.32 Å². The summed E-state index contributed by atoms with van der Waals surface area (Å²) in [6, 6.07) is 3.29. The number of hydrogen-bond donors (Lipinski definition) is 2. The van der Waals surface area contributed by atoms with Crippen LogP contribution in [0.5, 0.6) is 5.75 Å². The molecule has 1 aromatic carbocycles. The van der Waals surface area contributed by atoms with Gasteiger partial charge in [0.05, 0.1) is 22.9 Å². The Hall–Kier alpha value is -2.80. The minimum Gasteiger partial charge on any atom is -0.488 e. The van der Waals surface area contributed by atoms with Crippen LogP contribution in [-0.2, 0) is 16.0 Å². The molecule has 0 atom stereocenters. The Balaban J connectivity index is 1.68. The average molecular weight is 476 g/mol. The summed E-state index contributed by atoms with van der Waals surface area (Å²) >= 11 is 6.37. The quantitative estimate of drug-likeness (QED) is 0.425. The van der Waals surface area contributed by atoms with Gasteiger partial charge in [-0.3, -0.25) is 9.59 Å². The first-order chi connectivity index (χ1) is 15.7. The highest BCUT2D eigenvalue weighted by molar-refractivity contribution is 6.32. The molecule has 1 heterocycles. The van der Waals surface area contributed by atoms with Crippen molar-refractivity contribution >= 4 is 34.4 Å². The number of hydrogen-bond acceptors (Lipinski definition) is 5. The van der Waals surface area contributed by atoms with E-state index in [9.17, 15) is 14.4 Å².